The van der Waals surface area contributed by atoms with Gasteiger partial charge in [-0.15, -0.1) is 11.3 Å². The van der Waals surface area contributed by atoms with E-state index in [-0.39, 0.29) is 5.78 Å². The van der Waals surface area contributed by atoms with Crippen LogP contribution >= 0.6 is 22.9 Å². The molecule has 17 heavy (non-hydrogen) atoms. The van der Waals surface area contributed by atoms with Crippen LogP contribution < -0.4 is 0 Å². The van der Waals surface area contributed by atoms with E-state index in [4.69, 9.17) is 21.1 Å². The molecule has 2 rings (SSSR count). The summed E-state index contributed by atoms with van der Waals surface area (Å²) in [6, 6.07) is 3.52. The van der Waals surface area contributed by atoms with Crippen molar-refractivity contribution in [2.45, 2.75) is 25.4 Å². The number of carbonyl (C=O) groups is 1. The second-order valence-corrected chi connectivity index (χ2v) is 5.69. The fourth-order valence-electron chi connectivity index (χ4n) is 2.08. The first-order valence-corrected chi connectivity index (χ1v) is 6.89. The number of carbonyl (C=O) groups excluding carboxylic acids is 1. The summed E-state index contributed by atoms with van der Waals surface area (Å²) in [5, 5.41) is 0. The molecule has 0 radical (unpaired) electrons. The molecule has 0 unspecified atom stereocenters. The van der Waals surface area contributed by atoms with E-state index in [1.807, 2.05) is 6.92 Å². The first kappa shape index (κ1) is 13.0. The third-order valence-electron chi connectivity index (χ3n) is 2.93. The highest BCUT2D eigenvalue weighted by atomic mass is 35.5. The van der Waals surface area contributed by atoms with Crippen molar-refractivity contribution >= 4 is 28.7 Å². The molecule has 1 aliphatic rings. The number of Topliss-reactive ketones (excluding diaryl/α,β-unsaturated/α-hetero) is 1. The van der Waals surface area contributed by atoms with Crippen molar-refractivity contribution in [1.82, 2.24) is 0 Å². The van der Waals surface area contributed by atoms with Crippen LogP contribution in [0.2, 0.25) is 4.34 Å². The summed E-state index contributed by atoms with van der Waals surface area (Å²) in [7, 11) is 0. The summed E-state index contributed by atoms with van der Waals surface area (Å²) in [6.45, 7) is 3.59. The van der Waals surface area contributed by atoms with Gasteiger partial charge in [-0.25, -0.2) is 0 Å². The van der Waals surface area contributed by atoms with E-state index in [0.29, 0.717) is 41.9 Å². The quantitative estimate of drug-likeness (QED) is 0.791. The maximum absolute atomic E-state index is 12.5. The Labute approximate surface area is 110 Å². The van der Waals surface area contributed by atoms with Gasteiger partial charge in [-0.05, 0) is 19.1 Å². The third kappa shape index (κ3) is 2.71. The lowest BCUT2D eigenvalue weighted by Gasteiger charge is -2.35. The maximum Gasteiger partial charge on any atom is 0.204 e. The van der Waals surface area contributed by atoms with Gasteiger partial charge in [-0.3, -0.25) is 4.79 Å². The van der Waals surface area contributed by atoms with Crippen LogP contribution in [0.25, 0.3) is 0 Å². The van der Waals surface area contributed by atoms with Crippen LogP contribution in [0.15, 0.2) is 12.1 Å². The Morgan fingerprint density at radius 1 is 1.53 bits per heavy atom. The minimum absolute atomic E-state index is 0.0413. The number of halogens is 1. The molecule has 1 aromatic rings. The zero-order chi connectivity index (χ0) is 12.3. The molecule has 0 aliphatic carbocycles. The van der Waals surface area contributed by atoms with Gasteiger partial charge in [0, 0.05) is 32.7 Å². The predicted octanol–water partition coefficient (Wildman–Crippen LogP) is 3.17. The Kier molecular flexibility index (Phi) is 4.20. The summed E-state index contributed by atoms with van der Waals surface area (Å²) in [6.07, 6.45) is 1.24. The molecule has 0 N–H and O–H groups in total. The number of hydrogen-bond acceptors (Lipinski definition) is 4. The molecular formula is C12H15ClO3S. The predicted molar refractivity (Wildman–Crippen MR) is 68.1 cm³/mol. The highest BCUT2D eigenvalue weighted by Crippen LogP contribution is 2.33. The van der Waals surface area contributed by atoms with Crippen molar-refractivity contribution in [2.75, 3.05) is 19.8 Å². The van der Waals surface area contributed by atoms with Gasteiger partial charge < -0.3 is 9.47 Å². The number of thiophene rings is 1. The minimum Gasteiger partial charge on any atom is -0.381 e. The van der Waals surface area contributed by atoms with Gasteiger partial charge in [0.15, 0.2) is 0 Å². The molecular weight excluding hydrogens is 260 g/mol. The molecule has 0 spiro atoms. The number of ether oxygens (including phenoxy) is 2. The van der Waals surface area contributed by atoms with Gasteiger partial charge in [-0.1, -0.05) is 11.6 Å². The van der Waals surface area contributed by atoms with E-state index in [0.717, 1.165) is 0 Å². The summed E-state index contributed by atoms with van der Waals surface area (Å²) >= 11 is 7.18. The molecule has 94 valence electrons. The van der Waals surface area contributed by atoms with E-state index in [1.165, 1.54) is 11.3 Å². The van der Waals surface area contributed by atoms with Crippen molar-refractivity contribution in [3.63, 3.8) is 0 Å². The number of ketones is 1. The van der Waals surface area contributed by atoms with E-state index < -0.39 is 5.60 Å². The molecule has 1 aromatic heterocycles. The highest BCUT2D eigenvalue weighted by molar-refractivity contribution is 7.18. The monoisotopic (exact) mass is 274 g/mol. The normalized spacial score (nSPS) is 19.2. The Hall–Kier alpha value is -0.420. The first-order valence-electron chi connectivity index (χ1n) is 5.70. The molecule has 3 nitrogen and oxygen atoms in total. The van der Waals surface area contributed by atoms with E-state index in [2.05, 4.69) is 0 Å². The standard InChI is InChI=1S/C12H15ClO3S/c1-2-16-12(5-7-15-8-6-12)11(14)9-3-4-10(13)17-9/h3-4H,2,5-8H2,1H3. The Morgan fingerprint density at radius 3 is 2.76 bits per heavy atom. The molecule has 0 atom stereocenters. The van der Waals surface area contributed by atoms with Crippen molar-refractivity contribution in [3.05, 3.63) is 21.3 Å². The fraction of sp³-hybridized carbons (Fsp3) is 0.583. The minimum atomic E-state index is -0.707. The third-order valence-corrected chi connectivity index (χ3v) is 4.16. The summed E-state index contributed by atoms with van der Waals surface area (Å²) in [5.74, 6) is 0.0413. The van der Waals surface area contributed by atoms with E-state index >= 15 is 0 Å². The summed E-state index contributed by atoms with van der Waals surface area (Å²) in [5.41, 5.74) is -0.707. The van der Waals surface area contributed by atoms with Crippen molar-refractivity contribution in [2.24, 2.45) is 0 Å². The Balaban J connectivity index is 2.23. The molecule has 1 saturated heterocycles. The molecule has 1 aliphatic heterocycles. The van der Waals surface area contributed by atoms with Gasteiger partial charge in [0.1, 0.15) is 5.60 Å². The molecule has 0 bridgehead atoms. The smallest absolute Gasteiger partial charge is 0.204 e. The van der Waals surface area contributed by atoms with Crippen LogP contribution in [0.4, 0.5) is 0 Å². The molecule has 2 heterocycles. The molecule has 0 aromatic carbocycles. The van der Waals surface area contributed by atoms with Crippen LogP contribution in [0.5, 0.6) is 0 Å². The van der Waals surface area contributed by atoms with Crippen molar-refractivity contribution in [1.29, 1.82) is 0 Å². The molecule has 0 saturated carbocycles. The fourth-order valence-corrected chi connectivity index (χ4v) is 3.15. The molecule has 0 amide bonds. The highest BCUT2D eigenvalue weighted by Gasteiger charge is 2.41. The Bertz CT molecular complexity index is 391. The average molecular weight is 275 g/mol. The lowest BCUT2D eigenvalue weighted by Crippen LogP contribution is -2.46. The van der Waals surface area contributed by atoms with Crippen LogP contribution in [-0.2, 0) is 9.47 Å². The largest absolute Gasteiger partial charge is 0.381 e. The topological polar surface area (TPSA) is 35.5 Å². The van der Waals surface area contributed by atoms with E-state index in [1.54, 1.807) is 12.1 Å². The average Bonchev–Trinajstić information content (AvgIpc) is 2.76. The van der Waals surface area contributed by atoms with Crippen molar-refractivity contribution in [3.8, 4) is 0 Å². The van der Waals surface area contributed by atoms with Crippen molar-refractivity contribution < 1.29 is 14.3 Å². The lowest BCUT2D eigenvalue weighted by atomic mass is 9.88. The van der Waals surface area contributed by atoms with Crippen LogP contribution in [0, 0.1) is 0 Å². The lowest BCUT2D eigenvalue weighted by molar-refractivity contribution is -0.0820. The molecule has 5 heteroatoms. The van der Waals surface area contributed by atoms with Crippen LogP contribution in [0.3, 0.4) is 0 Å². The Morgan fingerprint density at radius 2 is 2.24 bits per heavy atom. The van der Waals surface area contributed by atoms with Crippen LogP contribution in [0.1, 0.15) is 29.4 Å². The number of hydrogen-bond donors (Lipinski definition) is 0. The SMILES string of the molecule is CCOC1(C(=O)c2ccc(Cl)s2)CCOCC1. The molecule has 1 fully saturated rings. The second-order valence-electron chi connectivity index (χ2n) is 3.97. The van der Waals surface area contributed by atoms with Gasteiger partial charge in [0.2, 0.25) is 5.78 Å². The van der Waals surface area contributed by atoms with Gasteiger partial charge >= 0.3 is 0 Å². The second kappa shape index (κ2) is 5.48. The van der Waals surface area contributed by atoms with Gasteiger partial charge in [0.25, 0.3) is 0 Å². The summed E-state index contributed by atoms with van der Waals surface area (Å²) in [4.78, 5) is 13.2. The maximum atomic E-state index is 12.5. The zero-order valence-electron chi connectivity index (χ0n) is 9.70. The van der Waals surface area contributed by atoms with Gasteiger partial charge in [-0.2, -0.15) is 0 Å². The zero-order valence-corrected chi connectivity index (χ0v) is 11.3. The summed E-state index contributed by atoms with van der Waals surface area (Å²) < 4.78 is 11.7. The first-order chi connectivity index (χ1) is 8.18. The number of rotatable bonds is 4. The van der Waals surface area contributed by atoms with Crippen LogP contribution in [-0.4, -0.2) is 31.2 Å². The van der Waals surface area contributed by atoms with Gasteiger partial charge in [0.05, 0.1) is 9.21 Å². The van der Waals surface area contributed by atoms with E-state index in [9.17, 15) is 4.79 Å².